The van der Waals surface area contributed by atoms with Crippen LogP contribution in [0.1, 0.15) is 48.4 Å². The number of piperidine rings is 1. The Bertz CT molecular complexity index is 892. The first kappa shape index (κ1) is 20.2. The molecule has 0 aromatic carbocycles. The summed E-state index contributed by atoms with van der Waals surface area (Å²) in [6, 6.07) is 2.21. The van der Waals surface area contributed by atoms with Crippen molar-refractivity contribution in [3.8, 4) is 0 Å². The van der Waals surface area contributed by atoms with E-state index in [2.05, 4.69) is 4.98 Å². The highest BCUT2D eigenvalue weighted by Crippen LogP contribution is 2.30. The lowest BCUT2D eigenvalue weighted by Gasteiger charge is -2.31. The Hall–Kier alpha value is -2.58. The molecule has 1 saturated heterocycles. The van der Waals surface area contributed by atoms with Gasteiger partial charge in [0.25, 0.3) is 5.91 Å². The first-order chi connectivity index (χ1) is 13.3. The highest BCUT2D eigenvalue weighted by molar-refractivity contribution is 5.95. The third-order valence-electron chi connectivity index (χ3n) is 4.88. The predicted octanol–water partition coefficient (Wildman–Crippen LogP) is 3.33. The number of halogens is 3. The van der Waals surface area contributed by atoms with Crippen LogP contribution in [0.5, 0.6) is 0 Å². The minimum atomic E-state index is -4.52. The molecule has 152 valence electrons. The highest BCUT2D eigenvalue weighted by Gasteiger charge is 2.34. The number of hydrogen-bond acceptors (Lipinski definition) is 4. The van der Waals surface area contributed by atoms with Gasteiger partial charge < -0.3 is 9.64 Å². The summed E-state index contributed by atoms with van der Waals surface area (Å²) in [7, 11) is 0. The number of aromatic nitrogens is 2. The van der Waals surface area contributed by atoms with Gasteiger partial charge in [-0.1, -0.05) is 6.92 Å². The molecule has 3 heterocycles. The molecule has 0 saturated carbocycles. The number of imidazole rings is 1. The van der Waals surface area contributed by atoms with E-state index in [-0.39, 0.29) is 30.5 Å². The monoisotopic (exact) mass is 397 g/mol. The number of alkyl halides is 3. The second kappa shape index (κ2) is 7.81. The van der Waals surface area contributed by atoms with Crippen molar-refractivity contribution in [2.75, 3.05) is 19.7 Å². The number of amides is 1. The van der Waals surface area contributed by atoms with Crippen molar-refractivity contribution in [2.45, 2.75) is 39.3 Å². The Morgan fingerprint density at radius 3 is 2.68 bits per heavy atom. The second-order valence-corrected chi connectivity index (χ2v) is 6.75. The Kier molecular flexibility index (Phi) is 5.62. The summed E-state index contributed by atoms with van der Waals surface area (Å²) in [5, 5.41) is 0. The third kappa shape index (κ3) is 3.83. The molecule has 0 bridgehead atoms. The summed E-state index contributed by atoms with van der Waals surface area (Å²) < 4.78 is 45.6. The Labute approximate surface area is 160 Å². The lowest BCUT2D eigenvalue weighted by molar-refractivity contribution is -0.149. The van der Waals surface area contributed by atoms with Gasteiger partial charge >= 0.3 is 12.1 Å². The van der Waals surface area contributed by atoms with Gasteiger partial charge in [-0.2, -0.15) is 13.2 Å². The van der Waals surface area contributed by atoms with E-state index in [1.165, 1.54) is 15.4 Å². The zero-order chi connectivity index (χ0) is 20.5. The van der Waals surface area contributed by atoms with Crippen molar-refractivity contribution in [1.82, 2.24) is 14.3 Å². The fourth-order valence-corrected chi connectivity index (χ4v) is 3.50. The maximum atomic E-state index is 13.2. The first-order valence-electron chi connectivity index (χ1n) is 9.30. The van der Waals surface area contributed by atoms with Crippen molar-refractivity contribution in [1.29, 1.82) is 0 Å². The van der Waals surface area contributed by atoms with Gasteiger partial charge in [-0.15, -0.1) is 0 Å². The van der Waals surface area contributed by atoms with Crippen molar-refractivity contribution >= 4 is 17.5 Å². The Morgan fingerprint density at radius 2 is 2.04 bits per heavy atom. The molecule has 2 aromatic rings. The van der Waals surface area contributed by atoms with E-state index in [9.17, 15) is 22.8 Å². The lowest BCUT2D eigenvalue weighted by atomic mass is 9.98. The summed E-state index contributed by atoms with van der Waals surface area (Å²) in [5.74, 6) is -1.20. The van der Waals surface area contributed by atoms with Crippen LogP contribution in [0.15, 0.2) is 18.3 Å². The summed E-state index contributed by atoms with van der Waals surface area (Å²) in [6.45, 7) is 4.39. The van der Waals surface area contributed by atoms with Gasteiger partial charge in [0.1, 0.15) is 11.3 Å². The number of esters is 1. The molecular weight excluding hydrogens is 375 g/mol. The van der Waals surface area contributed by atoms with Gasteiger partial charge in [0.15, 0.2) is 0 Å². The second-order valence-electron chi connectivity index (χ2n) is 6.75. The van der Waals surface area contributed by atoms with Crippen LogP contribution in [0, 0.1) is 5.92 Å². The molecule has 1 aliphatic rings. The number of likely N-dealkylation sites (tertiary alicyclic amines) is 1. The normalized spacial score (nSPS) is 17.8. The highest BCUT2D eigenvalue weighted by atomic mass is 19.4. The van der Waals surface area contributed by atoms with E-state index in [0.29, 0.717) is 31.5 Å². The number of fused-ring (bicyclic) bond motifs is 1. The number of carbonyl (C=O) groups is 2. The Balaban J connectivity index is 1.97. The van der Waals surface area contributed by atoms with Gasteiger partial charge in [-0.3, -0.25) is 14.0 Å². The van der Waals surface area contributed by atoms with Crippen LogP contribution in [0.4, 0.5) is 13.2 Å². The Morgan fingerprint density at radius 1 is 1.29 bits per heavy atom. The van der Waals surface area contributed by atoms with Gasteiger partial charge in [0.05, 0.1) is 23.8 Å². The van der Waals surface area contributed by atoms with E-state index in [1.807, 2.05) is 0 Å². The predicted molar refractivity (Wildman–Crippen MR) is 94.8 cm³/mol. The van der Waals surface area contributed by atoms with Crippen LogP contribution in [-0.4, -0.2) is 45.9 Å². The topological polar surface area (TPSA) is 63.9 Å². The SMILES string of the molecule is CCOC(=O)C1CCCN(C(=O)c2c(CC)nc3ccc(C(F)(F)F)cn23)C1. The fraction of sp³-hybridized carbons (Fsp3) is 0.526. The number of pyridine rings is 1. The molecule has 2 aromatic heterocycles. The van der Waals surface area contributed by atoms with Crippen LogP contribution < -0.4 is 0 Å². The van der Waals surface area contributed by atoms with Crippen LogP contribution in [-0.2, 0) is 22.1 Å². The van der Waals surface area contributed by atoms with Gasteiger partial charge in [-0.05, 0) is 38.3 Å². The number of carbonyl (C=O) groups excluding carboxylic acids is 2. The number of aryl methyl sites for hydroxylation is 1. The van der Waals surface area contributed by atoms with Crippen molar-refractivity contribution < 1.29 is 27.5 Å². The third-order valence-corrected chi connectivity index (χ3v) is 4.88. The number of rotatable bonds is 4. The van der Waals surface area contributed by atoms with Crippen molar-refractivity contribution in [3.05, 3.63) is 35.3 Å². The van der Waals surface area contributed by atoms with E-state index in [0.717, 1.165) is 12.3 Å². The van der Waals surface area contributed by atoms with Crippen LogP contribution >= 0.6 is 0 Å². The van der Waals surface area contributed by atoms with Crippen LogP contribution in [0.3, 0.4) is 0 Å². The van der Waals surface area contributed by atoms with Crippen LogP contribution in [0.2, 0.25) is 0 Å². The number of hydrogen-bond donors (Lipinski definition) is 0. The lowest BCUT2D eigenvalue weighted by Crippen LogP contribution is -2.43. The molecule has 3 rings (SSSR count). The average Bonchev–Trinajstić information content (AvgIpc) is 3.04. The largest absolute Gasteiger partial charge is 0.466 e. The van der Waals surface area contributed by atoms with Gasteiger partial charge in [0.2, 0.25) is 0 Å². The van der Waals surface area contributed by atoms with Gasteiger partial charge in [-0.25, -0.2) is 4.98 Å². The molecule has 0 spiro atoms. The molecule has 0 radical (unpaired) electrons. The summed E-state index contributed by atoms with van der Waals surface area (Å²) >= 11 is 0. The summed E-state index contributed by atoms with van der Waals surface area (Å²) in [4.78, 5) is 31.0. The molecule has 1 aliphatic heterocycles. The smallest absolute Gasteiger partial charge is 0.417 e. The van der Waals surface area contributed by atoms with E-state index in [4.69, 9.17) is 4.74 Å². The first-order valence-corrected chi connectivity index (χ1v) is 9.30. The molecule has 0 aliphatic carbocycles. The molecule has 9 heteroatoms. The van der Waals surface area contributed by atoms with Crippen molar-refractivity contribution in [3.63, 3.8) is 0 Å². The standard InChI is InChI=1S/C19H22F3N3O3/c1-3-14-16(25-11-13(19(20,21)22)7-8-15(25)23-14)17(26)24-9-5-6-12(10-24)18(27)28-4-2/h7-8,11-12H,3-6,9-10H2,1-2H3. The fourth-order valence-electron chi connectivity index (χ4n) is 3.50. The molecule has 1 amide bonds. The number of nitrogens with zero attached hydrogens (tertiary/aromatic N) is 3. The average molecular weight is 397 g/mol. The van der Waals surface area contributed by atoms with E-state index in [1.54, 1.807) is 13.8 Å². The number of ether oxygens (including phenoxy) is 1. The van der Waals surface area contributed by atoms with E-state index < -0.39 is 23.6 Å². The maximum absolute atomic E-state index is 13.2. The molecule has 1 atom stereocenters. The zero-order valence-electron chi connectivity index (χ0n) is 15.8. The summed E-state index contributed by atoms with van der Waals surface area (Å²) in [5.41, 5.74) is -0.0139. The maximum Gasteiger partial charge on any atom is 0.417 e. The zero-order valence-corrected chi connectivity index (χ0v) is 15.8. The molecule has 1 unspecified atom stereocenters. The molecule has 0 N–H and O–H groups in total. The summed E-state index contributed by atoms with van der Waals surface area (Å²) in [6.07, 6.45) is -1.97. The molecule has 6 nitrogen and oxygen atoms in total. The minimum Gasteiger partial charge on any atom is -0.466 e. The quantitative estimate of drug-likeness (QED) is 0.743. The van der Waals surface area contributed by atoms with Crippen molar-refractivity contribution in [2.24, 2.45) is 5.92 Å². The molecular formula is C19H22F3N3O3. The van der Waals surface area contributed by atoms with Gasteiger partial charge in [0, 0.05) is 19.3 Å². The molecule has 1 fully saturated rings. The molecule has 28 heavy (non-hydrogen) atoms. The minimum absolute atomic E-state index is 0.119. The van der Waals surface area contributed by atoms with Crippen LogP contribution in [0.25, 0.3) is 5.65 Å². The van der Waals surface area contributed by atoms with E-state index >= 15 is 0 Å².